The maximum absolute atomic E-state index is 11.2. The molecular formula is C16H23NO2Si. The molecule has 0 aliphatic heterocycles. The maximum Gasteiger partial charge on any atom is 0.308 e. The Kier molecular flexibility index (Phi) is 3.54. The van der Waals surface area contributed by atoms with Crippen molar-refractivity contribution in [3.05, 3.63) is 30.5 Å². The first-order chi connectivity index (χ1) is 9.14. The highest BCUT2D eigenvalue weighted by atomic mass is 28.3. The van der Waals surface area contributed by atoms with Crippen LogP contribution in [0.4, 0.5) is 0 Å². The van der Waals surface area contributed by atoms with Crippen LogP contribution in [0.25, 0.3) is 10.9 Å². The summed E-state index contributed by atoms with van der Waals surface area (Å²) in [7, 11) is -1.68. The molecule has 2 aromatic rings. The lowest BCUT2D eigenvalue weighted by molar-refractivity contribution is -0.131. The van der Waals surface area contributed by atoms with Crippen LogP contribution >= 0.6 is 0 Å². The van der Waals surface area contributed by atoms with Gasteiger partial charge in [-0.15, -0.1) is 0 Å². The molecule has 4 heteroatoms. The van der Waals surface area contributed by atoms with Gasteiger partial charge in [-0.05, 0) is 29.4 Å². The lowest BCUT2D eigenvalue weighted by Crippen LogP contribution is -2.44. The van der Waals surface area contributed by atoms with E-state index >= 15 is 0 Å². The summed E-state index contributed by atoms with van der Waals surface area (Å²) in [6.07, 6.45) is 2.13. The van der Waals surface area contributed by atoms with Gasteiger partial charge in [-0.25, -0.2) is 0 Å². The Labute approximate surface area is 121 Å². The van der Waals surface area contributed by atoms with Gasteiger partial charge in [0.15, 0.2) is 8.24 Å². The van der Waals surface area contributed by atoms with Gasteiger partial charge in [0.05, 0.1) is 0 Å². The molecule has 0 bridgehead atoms. The molecule has 0 fully saturated rings. The molecule has 0 radical (unpaired) electrons. The summed E-state index contributed by atoms with van der Waals surface area (Å²) >= 11 is 0. The van der Waals surface area contributed by atoms with Crippen LogP contribution in [0.1, 0.15) is 27.7 Å². The van der Waals surface area contributed by atoms with Crippen LogP contribution < -0.4 is 4.74 Å². The topological polar surface area (TPSA) is 31.2 Å². The summed E-state index contributed by atoms with van der Waals surface area (Å²) in [5.41, 5.74) is 1.15. The smallest absolute Gasteiger partial charge is 0.308 e. The van der Waals surface area contributed by atoms with Crippen LogP contribution in [-0.4, -0.2) is 18.4 Å². The fourth-order valence-electron chi connectivity index (χ4n) is 2.23. The second-order valence-corrected chi connectivity index (χ2v) is 11.9. The summed E-state index contributed by atoms with van der Waals surface area (Å²) < 4.78 is 7.70. The van der Waals surface area contributed by atoms with Crippen molar-refractivity contribution in [2.24, 2.45) is 0 Å². The Bertz CT molecular complexity index is 650. The molecule has 0 aliphatic rings. The van der Waals surface area contributed by atoms with E-state index in [4.69, 9.17) is 4.74 Å². The number of rotatable bonds is 2. The van der Waals surface area contributed by atoms with Gasteiger partial charge in [-0.1, -0.05) is 39.9 Å². The number of hydrogen-bond donors (Lipinski definition) is 0. The molecule has 0 amide bonds. The van der Waals surface area contributed by atoms with Crippen LogP contribution in [0, 0.1) is 0 Å². The molecule has 0 saturated heterocycles. The number of aromatic nitrogens is 1. The van der Waals surface area contributed by atoms with E-state index in [1.807, 2.05) is 18.2 Å². The first kappa shape index (κ1) is 14.8. The van der Waals surface area contributed by atoms with Crippen LogP contribution in [0.15, 0.2) is 30.5 Å². The maximum atomic E-state index is 11.2. The molecule has 1 aromatic heterocycles. The number of fused-ring (bicyclic) bond motifs is 1. The Balaban J connectivity index is 2.62. The standard InChI is InChI=1S/C16H23NO2Si/c1-12(18)19-15-9-7-8-14-13(15)10-11-17(14)20(5,6)16(2,3)4/h7-11H,1-6H3. The quantitative estimate of drug-likeness (QED) is 0.465. The molecule has 1 heterocycles. The summed E-state index contributed by atoms with van der Waals surface area (Å²) in [5, 5.41) is 1.25. The fraction of sp³-hybridized carbons (Fsp3) is 0.438. The van der Waals surface area contributed by atoms with E-state index in [-0.39, 0.29) is 11.0 Å². The number of carbonyl (C=O) groups is 1. The van der Waals surface area contributed by atoms with Crippen molar-refractivity contribution in [3.8, 4) is 5.75 Å². The molecule has 0 aliphatic carbocycles. The van der Waals surface area contributed by atoms with Gasteiger partial charge in [-0.3, -0.25) is 4.79 Å². The number of ether oxygens (including phenoxy) is 1. The molecule has 20 heavy (non-hydrogen) atoms. The average Bonchev–Trinajstić information content (AvgIpc) is 2.71. The third kappa shape index (κ3) is 2.40. The second-order valence-electron chi connectivity index (χ2n) is 6.78. The van der Waals surface area contributed by atoms with Crippen molar-refractivity contribution in [2.45, 2.75) is 45.8 Å². The highest BCUT2D eigenvalue weighted by molar-refractivity contribution is 6.79. The number of esters is 1. The van der Waals surface area contributed by atoms with E-state index in [0.29, 0.717) is 5.75 Å². The summed E-state index contributed by atoms with van der Waals surface area (Å²) in [6.45, 7) is 13.0. The fourth-order valence-corrected chi connectivity index (χ4v) is 4.20. The third-order valence-electron chi connectivity index (χ3n) is 4.38. The van der Waals surface area contributed by atoms with Crippen LogP contribution in [-0.2, 0) is 4.79 Å². The monoisotopic (exact) mass is 289 g/mol. The first-order valence-electron chi connectivity index (χ1n) is 6.93. The van der Waals surface area contributed by atoms with E-state index in [1.54, 1.807) is 0 Å². The summed E-state index contributed by atoms with van der Waals surface area (Å²) in [5.74, 6) is 0.366. The molecule has 0 atom stereocenters. The molecule has 0 spiro atoms. The molecule has 0 unspecified atom stereocenters. The molecule has 0 saturated carbocycles. The van der Waals surface area contributed by atoms with Gasteiger partial charge in [0.2, 0.25) is 0 Å². The molecule has 108 valence electrons. The molecule has 1 aromatic carbocycles. The Morgan fingerprint density at radius 3 is 2.40 bits per heavy atom. The minimum atomic E-state index is -1.68. The molecule has 2 rings (SSSR count). The zero-order valence-corrected chi connectivity index (χ0v) is 14.2. The van der Waals surface area contributed by atoms with Gasteiger partial charge in [-0.2, -0.15) is 0 Å². The van der Waals surface area contributed by atoms with Crippen LogP contribution in [0.2, 0.25) is 18.1 Å². The van der Waals surface area contributed by atoms with Crippen molar-refractivity contribution in [3.63, 3.8) is 0 Å². The largest absolute Gasteiger partial charge is 0.426 e. The van der Waals surface area contributed by atoms with E-state index in [9.17, 15) is 4.79 Å². The predicted molar refractivity (Wildman–Crippen MR) is 85.8 cm³/mol. The van der Waals surface area contributed by atoms with Crippen molar-refractivity contribution in [1.29, 1.82) is 0 Å². The minimum absolute atomic E-state index is 0.246. The van der Waals surface area contributed by atoms with Crippen molar-refractivity contribution in [1.82, 2.24) is 4.23 Å². The van der Waals surface area contributed by atoms with Gasteiger partial charge >= 0.3 is 5.97 Å². The molecule has 3 nitrogen and oxygen atoms in total. The zero-order valence-electron chi connectivity index (χ0n) is 13.2. The minimum Gasteiger partial charge on any atom is -0.426 e. The van der Waals surface area contributed by atoms with E-state index < -0.39 is 8.24 Å². The van der Waals surface area contributed by atoms with E-state index in [0.717, 1.165) is 10.9 Å². The summed E-state index contributed by atoms with van der Waals surface area (Å²) in [6, 6.07) is 7.95. The SMILES string of the molecule is CC(=O)Oc1cccc2c1ccn2[Si](C)(C)C(C)(C)C. The highest BCUT2D eigenvalue weighted by Gasteiger charge is 2.38. The van der Waals surface area contributed by atoms with Crippen LogP contribution in [0.5, 0.6) is 5.75 Å². The Morgan fingerprint density at radius 1 is 1.20 bits per heavy atom. The highest BCUT2D eigenvalue weighted by Crippen LogP contribution is 2.39. The van der Waals surface area contributed by atoms with Gasteiger partial charge < -0.3 is 8.97 Å². The third-order valence-corrected chi connectivity index (χ3v) is 9.65. The Hall–Kier alpha value is -1.55. The number of benzene rings is 1. The number of nitrogens with zero attached hydrogens (tertiary/aromatic N) is 1. The van der Waals surface area contributed by atoms with E-state index in [2.05, 4.69) is 50.4 Å². The van der Waals surface area contributed by atoms with Crippen molar-refractivity contribution < 1.29 is 9.53 Å². The number of hydrogen-bond acceptors (Lipinski definition) is 2. The normalized spacial score (nSPS) is 12.7. The second kappa shape index (κ2) is 4.77. The number of carbonyl (C=O) groups excluding carboxylic acids is 1. The van der Waals surface area contributed by atoms with Gasteiger partial charge in [0.25, 0.3) is 0 Å². The molecule has 0 N–H and O–H groups in total. The lowest BCUT2D eigenvalue weighted by Gasteiger charge is -2.38. The van der Waals surface area contributed by atoms with Gasteiger partial charge in [0.1, 0.15) is 5.75 Å². The lowest BCUT2D eigenvalue weighted by atomic mass is 10.2. The van der Waals surface area contributed by atoms with Crippen molar-refractivity contribution in [2.75, 3.05) is 0 Å². The Morgan fingerprint density at radius 2 is 1.85 bits per heavy atom. The first-order valence-corrected chi connectivity index (χ1v) is 9.88. The van der Waals surface area contributed by atoms with Crippen molar-refractivity contribution >= 4 is 25.1 Å². The molecular weight excluding hydrogens is 266 g/mol. The summed E-state index contributed by atoms with van der Waals surface area (Å²) in [4.78, 5) is 11.2. The zero-order chi connectivity index (χ0) is 15.1. The average molecular weight is 289 g/mol. The predicted octanol–water partition coefficient (Wildman–Crippen LogP) is 4.42. The van der Waals surface area contributed by atoms with Crippen LogP contribution in [0.3, 0.4) is 0 Å². The van der Waals surface area contributed by atoms with E-state index in [1.165, 1.54) is 6.92 Å². The van der Waals surface area contributed by atoms with Gasteiger partial charge in [0, 0.05) is 17.8 Å².